The lowest BCUT2D eigenvalue weighted by Gasteiger charge is -2.10. The third kappa shape index (κ3) is 5.01. The number of rotatable bonds is 8. The van der Waals surface area contributed by atoms with Gasteiger partial charge in [-0.05, 0) is 18.6 Å². The van der Waals surface area contributed by atoms with E-state index in [1.807, 2.05) is 13.0 Å². The van der Waals surface area contributed by atoms with Crippen molar-refractivity contribution >= 4 is 0 Å². The maximum atomic E-state index is 5.54. The number of nitrogens with zero attached hydrogens (tertiary/aromatic N) is 1. The van der Waals surface area contributed by atoms with Gasteiger partial charge in [0.05, 0.1) is 26.9 Å². The molecule has 0 amide bonds. The Morgan fingerprint density at radius 1 is 1.12 bits per heavy atom. The van der Waals surface area contributed by atoms with Crippen LogP contribution in [0.15, 0.2) is 12.3 Å². The van der Waals surface area contributed by atoms with E-state index >= 15 is 0 Å². The van der Waals surface area contributed by atoms with Crippen molar-refractivity contribution in [1.82, 2.24) is 4.98 Å². The summed E-state index contributed by atoms with van der Waals surface area (Å²) < 4.78 is 20.8. The summed E-state index contributed by atoms with van der Waals surface area (Å²) in [6.07, 6.45) is 1.74. The molecular weight excluding hydrogens is 222 g/mol. The average molecular weight is 241 g/mol. The predicted molar refractivity (Wildman–Crippen MR) is 63.7 cm³/mol. The Bertz CT molecular complexity index is 330. The van der Waals surface area contributed by atoms with Crippen LogP contribution in [0.2, 0.25) is 0 Å². The summed E-state index contributed by atoms with van der Waals surface area (Å²) >= 11 is 0. The first kappa shape index (κ1) is 13.7. The minimum atomic E-state index is 0.463. The van der Waals surface area contributed by atoms with Crippen molar-refractivity contribution in [2.24, 2.45) is 0 Å². The van der Waals surface area contributed by atoms with Crippen molar-refractivity contribution in [2.45, 2.75) is 6.92 Å². The molecule has 0 radical (unpaired) electrons. The second kappa shape index (κ2) is 7.86. The average Bonchev–Trinajstić information content (AvgIpc) is 2.34. The number of methoxy groups -OCH3 is 2. The second-order valence-electron chi connectivity index (χ2n) is 3.47. The Morgan fingerprint density at radius 3 is 2.59 bits per heavy atom. The molecule has 0 aliphatic rings. The molecule has 0 unspecified atom stereocenters. The number of hydrogen-bond acceptors (Lipinski definition) is 5. The van der Waals surface area contributed by atoms with Gasteiger partial charge in [0.15, 0.2) is 5.75 Å². The Morgan fingerprint density at radius 2 is 1.88 bits per heavy atom. The molecule has 0 saturated heterocycles. The van der Waals surface area contributed by atoms with Gasteiger partial charge >= 0.3 is 0 Å². The van der Waals surface area contributed by atoms with Crippen LogP contribution in [-0.4, -0.2) is 45.6 Å². The van der Waals surface area contributed by atoms with Crippen LogP contribution in [0.3, 0.4) is 0 Å². The van der Waals surface area contributed by atoms with Crippen molar-refractivity contribution in [3.05, 3.63) is 17.8 Å². The lowest BCUT2D eigenvalue weighted by molar-refractivity contribution is 0.0538. The van der Waals surface area contributed by atoms with E-state index in [9.17, 15) is 0 Å². The summed E-state index contributed by atoms with van der Waals surface area (Å²) in [7, 11) is 3.21. The van der Waals surface area contributed by atoms with E-state index in [1.54, 1.807) is 20.4 Å². The standard InChI is InChI=1S/C12H19NO4/c1-10-8-11(12(15-3)13-9-10)17-7-6-16-5-4-14-2/h8-9H,4-7H2,1-3H3. The Balaban J connectivity index is 2.32. The van der Waals surface area contributed by atoms with Crippen LogP contribution in [0, 0.1) is 6.92 Å². The molecule has 0 atom stereocenters. The molecule has 5 heteroatoms. The molecule has 0 spiro atoms. The first-order valence-electron chi connectivity index (χ1n) is 5.48. The first-order chi connectivity index (χ1) is 8.27. The normalized spacial score (nSPS) is 10.3. The predicted octanol–water partition coefficient (Wildman–Crippen LogP) is 1.44. The zero-order chi connectivity index (χ0) is 12.5. The maximum Gasteiger partial charge on any atom is 0.256 e. The Hall–Kier alpha value is -1.33. The third-order valence-electron chi connectivity index (χ3n) is 2.07. The second-order valence-corrected chi connectivity index (χ2v) is 3.47. The van der Waals surface area contributed by atoms with Crippen molar-refractivity contribution in [3.8, 4) is 11.6 Å². The Kier molecular flexibility index (Phi) is 6.35. The summed E-state index contributed by atoms with van der Waals surface area (Å²) in [5, 5.41) is 0. The van der Waals surface area contributed by atoms with Crippen LogP contribution in [-0.2, 0) is 9.47 Å². The van der Waals surface area contributed by atoms with Crippen LogP contribution >= 0.6 is 0 Å². The highest BCUT2D eigenvalue weighted by molar-refractivity contribution is 5.35. The highest BCUT2D eigenvalue weighted by atomic mass is 16.5. The van der Waals surface area contributed by atoms with Gasteiger partial charge in [0.2, 0.25) is 0 Å². The largest absolute Gasteiger partial charge is 0.486 e. The van der Waals surface area contributed by atoms with Gasteiger partial charge in [-0.2, -0.15) is 0 Å². The molecule has 0 N–H and O–H groups in total. The van der Waals surface area contributed by atoms with E-state index < -0.39 is 0 Å². The topological polar surface area (TPSA) is 49.8 Å². The highest BCUT2D eigenvalue weighted by Crippen LogP contribution is 2.24. The zero-order valence-electron chi connectivity index (χ0n) is 10.6. The fraction of sp³-hybridized carbons (Fsp3) is 0.583. The van der Waals surface area contributed by atoms with Gasteiger partial charge in [0.25, 0.3) is 5.88 Å². The molecule has 1 aromatic heterocycles. The lowest BCUT2D eigenvalue weighted by atomic mass is 10.3. The van der Waals surface area contributed by atoms with Gasteiger partial charge in [0, 0.05) is 13.3 Å². The van der Waals surface area contributed by atoms with E-state index in [0.29, 0.717) is 38.1 Å². The van der Waals surface area contributed by atoms with Gasteiger partial charge in [-0.1, -0.05) is 0 Å². The molecule has 1 aromatic rings. The summed E-state index contributed by atoms with van der Waals surface area (Å²) in [6, 6.07) is 1.89. The van der Waals surface area contributed by atoms with Gasteiger partial charge in [-0.25, -0.2) is 4.98 Å². The summed E-state index contributed by atoms with van der Waals surface area (Å²) in [5.41, 5.74) is 1.03. The van der Waals surface area contributed by atoms with Crippen LogP contribution in [0.4, 0.5) is 0 Å². The number of hydrogen-bond donors (Lipinski definition) is 0. The quantitative estimate of drug-likeness (QED) is 0.645. The first-order valence-corrected chi connectivity index (χ1v) is 5.48. The highest BCUT2D eigenvalue weighted by Gasteiger charge is 2.05. The summed E-state index contributed by atoms with van der Waals surface area (Å²) in [6.45, 7) is 4.10. The minimum Gasteiger partial charge on any atom is -0.486 e. The molecule has 1 rings (SSSR count). The van der Waals surface area contributed by atoms with Crippen molar-refractivity contribution < 1.29 is 18.9 Å². The molecule has 5 nitrogen and oxygen atoms in total. The van der Waals surface area contributed by atoms with Crippen molar-refractivity contribution in [1.29, 1.82) is 0 Å². The Labute approximate surface area is 102 Å². The van der Waals surface area contributed by atoms with Crippen LogP contribution in [0.1, 0.15) is 5.56 Å². The van der Waals surface area contributed by atoms with Crippen LogP contribution in [0.25, 0.3) is 0 Å². The molecule has 0 fully saturated rings. The van der Waals surface area contributed by atoms with E-state index in [4.69, 9.17) is 18.9 Å². The van der Waals surface area contributed by atoms with Crippen LogP contribution < -0.4 is 9.47 Å². The maximum absolute atomic E-state index is 5.54. The number of ether oxygens (including phenoxy) is 4. The fourth-order valence-electron chi connectivity index (χ4n) is 1.24. The van der Waals surface area contributed by atoms with Gasteiger partial charge in [-0.15, -0.1) is 0 Å². The lowest BCUT2D eigenvalue weighted by Crippen LogP contribution is -2.10. The van der Waals surface area contributed by atoms with E-state index in [2.05, 4.69) is 4.98 Å². The molecular formula is C12H19NO4. The van der Waals surface area contributed by atoms with Gasteiger partial charge < -0.3 is 18.9 Å². The van der Waals surface area contributed by atoms with E-state index in [1.165, 1.54) is 0 Å². The zero-order valence-corrected chi connectivity index (χ0v) is 10.6. The number of aryl methyl sites for hydroxylation is 1. The summed E-state index contributed by atoms with van der Waals surface area (Å²) in [5.74, 6) is 1.13. The molecule has 0 aliphatic carbocycles. The van der Waals surface area contributed by atoms with E-state index in [0.717, 1.165) is 5.56 Å². The van der Waals surface area contributed by atoms with Crippen LogP contribution in [0.5, 0.6) is 11.6 Å². The van der Waals surface area contributed by atoms with Crippen molar-refractivity contribution in [3.63, 3.8) is 0 Å². The number of pyridine rings is 1. The minimum absolute atomic E-state index is 0.463. The monoisotopic (exact) mass is 241 g/mol. The van der Waals surface area contributed by atoms with Gasteiger partial charge in [-0.3, -0.25) is 0 Å². The molecule has 0 aromatic carbocycles. The van der Waals surface area contributed by atoms with Gasteiger partial charge in [0.1, 0.15) is 6.61 Å². The third-order valence-corrected chi connectivity index (χ3v) is 2.07. The molecule has 1 heterocycles. The summed E-state index contributed by atoms with van der Waals surface area (Å²) in [4.78, 5) is 4.12. The molecule has 0 saturated carbocycles. The molecule has 96 valence electrons. The molecule has 0 bridgehead atoms. The smallest absolute Gasteiger partial charge is 0.256 e. The van der Waals surface area contributed by atoms with Crippen molar-refractivity contribution in [2.75, 3.05) is 40.6 Å². The fourth-order valence-corrected chi connectivity index (χ4v) is 1.24. The SMILES string of the molecule is COCCOCCOc1cc(C)cnc1OC. The molecule has 17 heavy (non-hydrogen) atoms. The van der Waals surface area contributed by atoms with E-state index in [-0.39, 0.29) is 0 Å². The number of aromatic nitrogens is 1. The molecule has 0 aliphatic heterocycles.